The number of carbonyl (C=O) groups is 1. The zero-order valence-electron chi connectivity index (χ0n) is 16.3. The van der Waals surface area contributed by atoms with Crippen molar-refractivity contribution in [3.63, 3.8) is 0 Å². The molecular formula is C22H26N4O. The van der Waals surface area contributed by atoms with E-state index in [1.807, 2.05) is 40.8 Å². The standard InChI is InChI=1S/C22H26N4O/c1-16-6-4-8-20(18(16)3)24-10-12-25(13-11-24)21(27)14-19-15-26-9-5-7-17(2)22(26)23-19/h4-9,15H,10-14H2,1-3H3. The van der Waals surface area contributed by atoms with Crippen LogP contribution in [0.25, 0.3) is 5.65 Å². The Morgan fingerprint density at radius 3 is 2.48 bits per heavy atom. The third kappa shape index (κ3) is 3.42. The summed E-state index contributed by atoms with van der Waals surface area (Å²) in [6, 6.07) is 10.5. The third-order valence-electron chi connectivity index (χ3n) is 5.61. The summed E-state index contributed by atoms with van der Waals surface area (Å²) >= 11 is 0. The number of nitrogens with zero attached hydrogens (tertiary/aromatic N) is 4. The minimum absolute atomic E-state index is 0.164. The number of piperazine rings is 1. The highest BCUT2D eigenvalue weighted by molar-refractivity contribution is 5.79. The molecule has 3 aromatic rings. The van der Waals surface area contributed by atoms with Gasteiger partial charge < -0.3 is 14.2 Å². The van der Waals surface area contributed by atoms with Gasteiger partial charge in [0, 0.05) is 44.3 Å². The van der Waals surface area contributed by atoms with Gasteiger partial charge in [0.2, 0.25) is 5.91 Å². The van der Waals surface area contributed by atoms with Gasteiger partial charge in [-0.15, -0.1) is 0 Å². The van der Waals surface area contributed by atoms with Crippen LogP contribution in [0.15, 0.2) is 42.7 Å². The van der Waals surface area contributed by atoms with Crippen molar-refractivity contribution < 1.29 is 4.79 Å². The molecule has 2 aromatic heterocycles. The zero-order chi connectivity index (χ0) is 19.0. The van der Waals surface area contributed by atoms with Crippen molar-refractivity contribution in [1.29, 1.82) is 0 Å². The van der Waals surface area contributed by atoms with Crippen LogP contribution in [0.2, 0.25) is 0 Å². The molecule has 1 aromatic carbocycles. The van der Waals surface area contributed by atoms with Crippen LogP contribution < -0.4 is 4.90 Å². The van der Waals surface area contributed by atoms with Crippen LogP contribution in [0.5, 0.6) is 0 Å². The molecular weight excluding hydrogens is 336 g/mol. The van der Waals surface area contributed by atoms with E-state index in [9.17, 15) is 4.79 Å². The number of rotatable bonds is 3. The number of carbonyl (C=O) groups excluding carboxylic acids is 1. The molecule has 0 N–H and O–H groups in total. The van der Waals surface area contributed by atoms with Crippen molar-refractivity contribution in [3.8, 4) is 0 Å². The summed E-state index contributed by atoms with van der Waals surface area (Å²) in [6.07, 6.45) is 4.31. The maximum atomic E-state index is 12.8. The lowest BCUT2D eigenvalue weighted by atomic mass is 10.1. The smallest absolute Gasteiger partial charge is 0.228 e. The van der Waals surface area contributed by atoms with E-state index in [-0.39, 0.29) is 5.91 Å². The molecule has 3 heterocycles. The highest BCUT2D eigenvalue weighted by atomic mass is 16.2. The van der Waals surface area contributed by atoms with E-state index in [0.717, 1.165) is 43.1 Å². The molecule has 4 rings (SSSR count). The number of hydrogen-bond donors (Lipinski definition) is 0. The molecule has 5 heteroatoms. The van der Waals surface area contributed by atoms with Gasteiger partial charge in [-0.2, -0.15) is 0 Å². The first-order valence-corrected chi connectivity index (χ1v) is 9.55. The molecule has 0 saturated carbocycles. The quantitative estimate of drug-likeness (QED) is 0.719. The van der Waals surface area contributed by atoms with Crippen LogP contribution in [0.1, 0.15) is 22.4 Å². The molecule has 1 saturated heterocycles. The summed E-state index contributed by atoms with van der Waals surface area (Å²) < 4.78 is 2.00. The van der Waals surface area contributed by atoms with Crippen molar-refractivity contribution >= 4 is 17.2 Å². The summed E-state index contributed by atoms with van der Waals surface area (Å²) in [5.41, 5.74) is 6.83. The normalized spacial score (nSPS) is 14.8. The van der Waals surface area contributed by atoms with Crippen LogP contribution >= 0.6 is 0 Å². The van der Waals surface area contributed by atoms with E-state index in [4.69, 9.17) is 0 Å². The van der Waals surface area contributed by atoms with E-state index < -0.39 is 0 Å². The van der Waals surface area contributed by atoms with Gasteiger partial charge in [0.15, 0.2) is 0 Å². The molecule has 27 heavy (non-hydrogen) atoms. The Hall–Kier alpha value is -2.82. The Kier molecular flexibility index (Phi) is 4.60. The Morgan fingerprint density at radius 2 is 1.74 bits per heavy atom. The number of amides is 1. The van der Waals surface area contributed by atoms with E-state index in [1.165, 1.54) is 16.8 Å². The first-order chi connectivity index (χ1) is 13.0. The lowest BCUT2D eigenvalue weighted by Gasteiger charge is -2.37. The topological polar surface area (TPSA) is 40.9 Å². The Morgan fingerprint density at radius 1 is 1.00 bits per heavy atom. The van der Waals surface area contributed by atoms with Gasteiger partial charge in [0.1, 0.15) is 5.65 Å². The molecule has 0 atom stereocenters. The number of aryl methyl sites for hydroxylation is 2. The molecule has 1 aliphatic rings. The highest BCUT2D eigenvalue weighted by Crippen LogP contribution is 2.24. The van der Waals surface area contributed by atoms with Crippen molar-refractivity contribution in [1.82, 2.24) is 14.3 Å². The predicted octanol–water partition coefficient (Wildman–Crippen LogP) is 3.15. The zero-order valence-corrected chi connectivity index (χ0v) is 16.3. The molecule has 5 nitrogen and oxygen atoms in total. The first kappa shape index (κ1) is 17.6. The fourth-order valence-corrected chi connectivity index (χ4v) is 3.83. The lowest BCUT2D eigenvalue weighted by molar-refractivity contribution is -0.130. The molecule has 1 amide bonds. The van der Waals surface area contributed by atoms with Gasteiger partial charge in [-0.3, -0.25) is 4.79 Å². The summed E-state index contributed by atoms with van der Waals surface area (Å²) in [5.74, 6) is 0.164. The van der Waals surface area contributed by atoms with Crippen LogP contribution in [0.4, 0.5) is 5.69 Å². The van der Waals surface area contributed by atoms with Gasteiger partial charge in [0.25, 0.3) is 0 Å². The number of hydrogen-bond acceptors (Lipinski definition) is 3. The second-order valence-electron chi connectivity index (χ2n) is 7.42. The number of pyridine rings is 1. The second kappa shape index (κ2) is 7.06. The fourth-order valence-electron chi connectivity index (χ4n) is 3.83. The Balaban J connectivity index is 1.41. The fraction of sp³-hybridized carbons (Fsp3) is 0.364. The molecule has 0 aliphatic carbocycles. The monoisotopic (exact) mass is 362 g/mol. The van der Waals surface area contributed by atoms with Crippen molar-refractivity contribution in [2.24, 2.45) is 0 Å². The Bertz CT molecular complexity index is 983. The highest BCUT2D eigenvalue weighted by Gasteiger charge is 2.23. The van der Waals surface area contributed by atoms with Gasteiger partial charge >= 0.3 is 0 Å². The summed E-state index contributed by atoms with van der Waals surface area (Å²) in [7, 11) is 0. The third-order valence-corrected chi connectivity index (χ3v) is 5.61. The average Bonchev–Trinajstić information content (AvgIpc) is 3.08. The number of aromatic nitrogens is 2. The molecule has 0 radical (unpaired) electrons. The van der Waals surface area contributed by atoms with Crippen LogP contribution in [0.3, 0.4) is 0 Å². The molecule has 0 bridgehead atoms. The van der Waals surface area contributed by atoms with Gasteiger partial charge in [-0.05, 0) is 49.6 Å². The van der Waals surface area contributed by atoms with Gasteiger partial charge in [-0.25, -0.2) is 4.98 Å². The van der Waals surface area contributed by atoms with E-state index in [2.05, 4.69) is 41.9 Å². The lowest BCUT2D eigenvalue weighted by Crippen LogP contribution is -2.49. The number of imidazole rings is 1. The van der Waals surface area contributed by atoms with Gasteiger partial charge in [0.05, 0.1) is 12.1 Å². The predicted molar refractivity (Wildman–Crippen MR) is 108 cm³/mol. The minimum atomic E-state index is 0.164. The molecule has 0 spiro atoms. The summed E-state index contributed by atoms with van der Waals surface area (Å²) in [6.45, 7) is 9.64. The maximum absolute atomic E-state index is 12.8. The van der Waals surface area contributed by atoms with E-state index in [0.29, 0.717) is 6.42 Å². The van der Waals surface area contributed by atoms with Crippen molar-refractivity contribution in [2.45, 2.75) is 27.2 Å². The molecule has 0 unspecified atom stereocenters. The second-order valence-corrected chi connectivity index (χ2v) is 7.42. The summed E-state index contributed by atoms with van der Waals surface area (Å²) in [5, 5.41) is 0. The largest absolute Gasteiger partial charge is 0.368 e. The molecule has 140 valence electrons. The Labute approximate surface area is 160 Å². The maximum Gasteiger partial charge on any atom is 0.228 e. The molecule has 1 fully saturated rings. The minimum Gasteiger partial charge on any atom is -0.368 e. The van der Waals surface area contributed by atoms with Crippen LogP contribution in [-0.4, -0.2) is 46.4 Å². The van der Waals surface area contributed by atoms with Crippen molar-refractivity contribution in [2.75, 3.05) is 31.1 Å². The average molecular weight is 362 g/mol. The first-order valence-electron chi connectivity index (χ1n) is 9.55. The number of benzene rings is 1. The molecule has 1 aliphatic heterocycles. The van der Waals surface area contributed by atoms with Crippen LogP contribution in [-0.2, 0) is 11.2 Å². The number of anilines is 1. The van der Waals surface area contributed by atoms with Crippen molar-refractivity contribution in [3.05, 3.63) is 65.1 Å². The van der Waals surface area contributed by atoms with Crippen LogP contribution in [0, 0.1) is 20.8 Å². The summed E-state index contributed by atoms with van der Waals surface area (Å²) in [4.78, 5) is 21.7. The van der Waals surface area contributed by atoms with Gasteiger partial charge in [-0.1, -0.05) is 18.2 Å². The van der Waals surface area contributed by atoms with E-state index >= 15 is 0 Å². The SMILES string of the molecule is Cc1cccc(N2CCN(C(=O)Cc3cn4cccc(C)c4n3)CC2)c1C. The van der Waals surface area contributed by atoms with E-state index in [1.54, 1.807) is 0 Å². The number of fused-ring (bicyclic) bond motifs is 1.